The Bertz CT molecular complexity index is 685. The first-order chi connectivity index (χ1) is 11.5. The van der Waals surface area contributed by atoms with Crippen LogP contribution in [0.1, 0.15) is 37.0 Å². The third-order valence-electron chi connectivity index (χ3n) is 3.35. The fourth-order valence-electron chi connectivity index (χ4n) is 2.25. The summed E-state index contributed by atoms with van der Waals surface area (Å²) < 4.78 is 26.5. The molecular weight excluding hydrogens is 314 g/mol. The second-order valence-electron chi connectivity index (χ2n) is 5.34. The fourth-order valence-corrected chi connectivity index (χ4v) is 2.25. The second-order valence-corrected chi connectivity index (χ2v) is 5.34. The molecular formula is C17H20F2N4O. The van der Waals surface area contributed by atoms with Gasteiger partial charge in [0.15, 0.2) is 0 Å². The minimum atomic E-state index is -0.740. The van der Waals surface area contributed by atoms with Crippen LogP contribution in [0.2, 0.25) is 0 Å². The monoisotopic (exact) mass is 334 g/mol. The molecule has 2 rings (SSSR count). The summed E-state index contributed by atoms with van der Waals surface area (Å²) in [5, 5.41) is 2.66. The van der Waals surface area contributed by atoms with Gasteiger partial charge in [-0.1, -0.05) is 13.8 Å². The Morgan fingerprint density at radius 3 is 2.29 bits per heavy atom. The van der Waals surface area contributed by atoms with Crippen molar-refractivity contribution in [2.45, 2.75) is 26.7 Å². The molecule has 0 saturated heterocycles. The molecule has 24 heavy (non-hydrogen) atoms. The van der Waals surface area contributed by atoms with Crippen molar-refractivity contribution < 1.29 is 13.6 Å². The van der Waals surface area contributed by atoms with Crippen molar-refractivity contribution in [2.24, 2.45) is 0 Å². The van der Waals surface area contributed by atoms with Gasteiger partial charge in [-0.15, -0.1) is 0 Å². The minimum Gasteiger partial charge on any atom is -0.339 e. The van der Waals surface area contributed by atoms with Crippen LogP contribution in [0.4, 0.5) is 20.4 Å². The van der Waals surface area contributed by atoms with Crippen molar-refractivity contribution in [2.75, 3.05) is 18.4 Å². The lowest BCUT2D eigenvalue weighted by Crippen LogP contribution is -2.32. The van der Waals surface area contributed by atoms with Gasteiger partial charge >= 0.3 is 0 Å². The normalized spacial score (nSPS) is 10.5. The third kappa shape index (κ3) is 4.47. The highest BCUT2D eigenvalue weighted by atomic mass is 19.1. The number of hydrogen-bond donors (Lipinski definition) is 1. The molecule has 0 fully saturated rings. The zero-order valence-corrected chi connectivity index (χ0v) is 13.7. The Morgan fingerprint density at radius 1 is 1.12 bits per heavy atom. The Hall–Kier alpha value is -2.57. The van der Waals surface area contributed by atoms with Crippen LogP contribution in [-0.2, 0) is 0 Å². The summed E-state index contributed by atoms with van der Waals surface area (Å²) in [6, 6.07) is 3.17. The first kappa shape index (κ1) is 17.8. The van der Waals surface area contributed by atoms with Crippen LogP contribution in [0.25, 0.3) is 0 Å². The minimum absolute atomic E-state index is 0.0640. The first-order valence-electron chi connectivity index (χ1n) is 7.88. The molecule has 0 aliphatic rings. The molecule has 1 amide bonds. The third-order valence-corrected chi connectivity index (χ3v) is 3.35. The van der Waals surface area contributed by atoms with E-state index in [2.05, 4.69) is 15.3 Å². The summed E-state index contributed by atoms with van der Waals surface area (Å²) in [5.41, 5.74) is 0.441. The van der Waals surface area contributed by atoms with Crippen molar-refractivity contribution >= 4 is 17.5 Å². The van der Waals surface area contributed by atoms with Crippen LogP contribution in [0.5, 0.6) is 0 Å². The molecule has 0 radical (unpaired) electrons. The van der Waals surface area contributed by atoms with E-state index in [1.807, 2.05) is 13.8 Å². The number of anilines is 2. The first-order valence-corrected chi connectivity index (χ1v) is 7.88. The van der Waals surface area contributed by atoms with Gasteiger partial charge in [0.2, 0.25) is 5.95 Å². The van der Waals surface area contributed by atoms with E-state index in [1.165, 1.54) is 18.5 Å². The Balaban J connectivity index is 2.10. The maximum Gasteiger partial charge on any atom is 0.256 e. The van der Waals surface area contributed by atoms with Crippen molar-refractivity contribution in [3.63, 3.8) is 0 Å². The lowest BCUT2D eigenvalue weighted by molar-refractivity contribution is 0.0754. The highest BCUT2D eigenvalue weighted by Gasteiger charge is 2.15. The van der Waals surface area contributed by atoms with E-state index in [9.17, 15) is 13.6 Å². The van der Waals surface area contributed by atoms with E-state index in [4.69, 9.17) is 0 Å². The lowest BCUT2D eigenvalue weighted by atomic mass is 10.2. The highest BCUT2D eigenvalue weighted by molar-refractivity contribution is 5.93. The van der Waals surface area contributed by atoms with Gasteiger partial charge in [0.25, 0.3) is 5.91 Å². The predicted molar refractivity (Wildman–Crippen MR) is 88.2 cm³/mol. The van der Waals surface area contributed by atoms with Crippen LogP contribution in [0.3, 0.4) is 0 Å². The van der Waals surface area contributed by atoms with E-state index in [-0.39, 0.29) is 17.5 Å². The predicted octanol–water partition coefficient (Wildman–Crippen LogP) is 3.76. The highest BCUT2D eigenvalue weighted by Crippen LogP contribution is 2.18. The number of carbonyl (C=O) groups is 1. The van der Waals surface area contributed by atoms with Crippen molar-refractivity contribution in [1.29, 1.82) is 0 Å². The van der Waals surface area contributed by atoms with Crippen molar-refractivity contribution in [1.82, 2.24) is 14.9 Å². The molecule has 0 aliphatic heterocycles. The average molecular weight is 334 g/mol. The van der Waals surface area contributed by atoms with Gasteiger partial charge in [-0.3, -0.25) is 4.79 Å². The van der Waals surface area contributed by atoms with Gasteiger partial charge in [0.05, 0.1) is 11.3 Å². The van der Waals surface area contributed by atoms with E-state index < -0.39 is 11.6 Å². The van der Waals surface area contributed by atoms with E-state index >= 15 is 0 Å². The molecule has 0 spiro atoms. The Labute approximate surface area is 139 Å². The van der Waals surface area contributed by atoms with Crippen LogP contribution < -0.4 is 5.32 Å². The molecule has 7 heteroatoms. The molecule has 0 atom stereocenters. The SMILES string of the molecule is CCCN(CCC)C(=O)c1cnc(Nc2ccc(F)cc2F)nc1. The molecule has 0 unspecified atom stereocenters. The summed E-state index contributed by atoms with van der Waals surface area (Å²) in [7, 11) is 0. The zero-order valence-electron chi connectivity index (χ0n) is 13.7. The number of hydrogen-bond acceptors (Lipinski definition) is 4. The molecule has 2 aromatic rings. The standard InChI is InChI=1S/C17H20F2N4O/c1-3-7-23(8-4-2)16(24)12-10-20-17(21-11-12)22-15-6-5-13(18)9-14(15)19/h5-6,9-11H,3-4,7-8H2,1-2H3,(H,20,21,22). The van der Waals surface area contributed by atoms with E-state index in [0.29, 0.717) is 18.7 Å². The summed E-state index contributed by atoms with van der Waals surface area (Å²) in [5.74, 6) is -1.39. The zero-order chi connectivity index (χ0) is 17.5. The summed E-state index contributed by atoms with van der Waals surface area (Å²) in [6.45, 7) is 5.37. The maximum atomic E-state index is 13.6. The van der Waals surface area contributed by atoms with E-state index in [1.54, 1.807) is 4.90 Å². The van der Waals surface area contributed by atoms with Crippen LogP contribution in [0.15, 0.2) is 30.6 Å². The topological polar surface area (TPSA) is 58.1 Å². The number of benzene rings is 1. The molecule has 0 saturated carbocycles. The number of amides is 1. The Kier molecular flexibility index (Phi) is 6.17. The number of carbonyl (C=O) groups excluding carboxylic acids is 1. The number of nitrogens with zero attached hydrogens (tertiary/aromatic N) is 3. The molecule has 1 aromatic heterocycles. The largest absolute Gasteiger partial charge is 0.339 e. The van der Waals surface area contributed by atoms with Gasteiger partial charge in [0.1, 0.15) is 11.6 Å². The molecule has 1 aromatic carbocycles. The second kappa shape index (κ2) is 8.33. The van der Waals surface area contributed by atoms with Gasteiger partial charge in [-0.05, 0) is 25.0 Å². The van der Waals surface area contributed by atoms with Crippen molar-refractivity contribution in [3.8, 4) is 0 Å². The average Bonchev–Trinajstić information content (AvgIpc) is 2.57. The van der Waals surface area contributed by atoms with Crippen LogP contribution >= 0.6 is 0 Å². The Morgan fingerprint density at radius 2 is 1.75 bits per heavy atom. The van der Waals surface area contributed by atoms with E-state index in [0.717, 1.165) is 25.0 Å². The number of aromatic nitrogens is 2. The number of nitrogens with one attached hydrogen (secondary N) is 1. The summed E-state index contributed by atoms with van der Waals surface area (Å²) in [6.07, 6.45) is 4.54. The number of halogens is 2. The van der Waals surface area contributed by atoms with Gasteiger partial charge in [0, 0.05) is 31.5 Å². The summed E-state index contributed by atoms with van der Waals surface area (Å²) in [4.78, 5) is 22.2. The quantitative estimate of drug-likeness (QED) is 0.837. The molecule has 0 bridgehead atoms. The molecule has 128 valence electrons. The summed E-state index contributed by atoms with van der Waals surface area (Å²) >= 11 is 0. The molecule has 0 aliphatic carbocycles. The molecule has 1 heterocycles. The number of rotatable bonds is 7. The van der Waals surface area contributed by atoms with Crippen molar-refractivity contribution in [3.05, 3.63) is 47.8 Å². The van der Waals surface area contributed by atoms with Gasteiger partial charge in [-0.2, -0.15) is 0 Å². The maximum absolute atomic E-state index is 13.6. The molecule has 1 N–H and O–H groups in total. The fraction of sp³-hybridized carbons (Fsp3) is 0.353. The molecule has 5 nitrogen and oxygen atoms in total. The lowest BCUT2D eigenvalue weighted by Gasteiger charge is -2.21. The van der Waals surface area contributed by atoms with Gasteiger partial charge in [-0.25, -0.2) is 18.7 Å². The van der Waals surface area contributed by atoms with Gasteiger partial charge < -0.3 is 10.2 Å². The van der Waals surface area contributed by atoms with Crippen LogP contribution in [-0.4, -0.2) is 33.9 Å². The smallest absolute Gasteiger partial charge is 0.256 e. The van der Waals surface area contributed by atoms with Crippen LogP contribution in [0, 0.1) is 11.6 Å².